The van der Waals surface area contributed by atoms with E-state index in [1.54, 1.807) is 24.3 Å². The number of hydrogen-bond acceptors (Lipinski definition) is 4. The summed E-state index contributed by atoms with van der Waals surface area (Å²) < 4.78 is 5.79. The third-order valence-electron chi connectivity index (χ3n) is 4.06. The first-order valence-electron chi connectivity index (χ1n) is 9.18. The van der Waals surface area contributed by atoms with E-state index in [-0.39, 0.29) is 11.8 Å². The number of amides is 2. The molecule has 0 aromatic heterocycles. The van der Waals surface area contributed by atoms with Crippen molar-refractivity contribution in [3.8, 4) is 5.75 Å². The summed E-state index contributed by atoms with van der Waals surface area (Å²) >= 11 is 6.14. The number of ether oxygens (including phenoxy) is 1. The number of carbonyl (C=O) groups is 2. The number of nitrogens with zero attached hydrogens (tertiary/aromatic N) is 1. The van der Waals surface area contributed by atoms with Crippen LogP contribution in [-0.4, -0.2) is 18.0 Å². The Kier molecular flexibility index (Phi) is 7.19. The molecule has 0 saturated carbocycles. The molecule has 0 aliphatic carbocycles. The van der Waals surface area contributed by atoms with Gasteiger partial charge in [0.05, 0.1) is 6.21 Å². The van der Waals surface area contributed by atoms with Gasteiger partial charge in [-0.1, -0.05) is 41.9 Å². The minimum atomic E-state index is -0.355. The van der Waals surface area contributed by atoms with Crippen molar-refractivity contribution >= 4 is 35.3 Å². The van der Waals surface area contributed by atoms with Crippen LogP contribution in [-0.2, 0) is 11.4 Å². The average Bonchev–Trinajstić information content (AvgIpc) is 2.73. The van der Waals surface area contributed by atoms with Crippen LogP contribution in [0, 0.1) is 0 Å². The van der Waals surface area contributed by atoms with Gasteiger partial charge in [0.15, 0.2) is 0 Å². The van der Waals surface area contributed by atoms with E-state index < -0.39 is 0 Å². The van der Waals surface area contributed by atoms with Crippen LogP contribution in [0.15, 0.2) is 77.9 Å². The van der Waals surface area contributed by atoms with Crippen molar-refractivity contribution in [1.29, 1.82) is 0 Å². The first kappa shape index (κ1) is 21.1. The predicted octanol–water partition coefficient (Wildman–Crippen LogP) is 4.64. The fourth-order valence-electron chi connectivity index (χ4n) is 2.60. The molecule has 30 heavy (non-hydrogen) atoms. The number of hydrazone groups is 1. The molecule has 0 heterocycles. The minimum absolute atomic E-state index is 0.171. The summed E-state index contributed by atoms with van der Waals surface area (Å²) in [5.74, 6) is 0.139. The SMILES string of the molecule is CC(=O)Nc1ccc(C(=O)N/N=C\c2cccc(OCc3ccccc3Cl)c2)cc1. The lowest BCUT2D eigenvalue weighted by atomic mass is 10.2. The van der Waals surface area contributed by atoms with Crippen molar-refractivity contribution in [2.24, 2.45) is 5.10 Å². The molecule has 0 radical (unpaired) electrons. The number of carbonyl (C=O) groups excluding carboxylic acids is 2. The van der Waals surface area contributed by atoms with Crippen molar-refractivity contribution in [2.75, 3.05) is 5.32 Å². The summed E-state index contributed by atoms with van der Waals surface area (Å²) in [5.41, 5.74) is 5.20. The normalized spacial score (nSPS) is 10.6. The van der Waals surface area contributed by atoms with E-state index in [0.717, 1.165) is 11.1 Å². The third kappa shape index (κ3) is 6.18. The van der Waals surface area contributed by atoms with Crippen molar-refractivity contribution in [3.63, 3.8) is 0 Å². The van der Waals surface area contributed by atoms with Gasteiger partial charge in [0, 0.05) is 28.8 Å². The smallest absolute Gasteiger partial charge is 0.271 e. The molecule has 7 heteroatoms. The topological polar surface area (TPSA) is 79.8 Å². The first-order chi connectivity index (χ1) is 14.5. The van der Waals surface area contributed by atoms with E-state index >= 15 is 0 Å². The molecular formula is C23H20ClN3O3. The second kappa shape index (κ2) is 10.2. The highest BCUT2D eigenvalue weighted by Crippen LogP contribution is 2.19. The Morgan fingerprint density at radius 3 is 2.53 bits per heavy atom. The van der Waals surface area contributed by atoms with Gasteiger partial charge in [-0.15, -0.1) is 0 Å². The van der Waals surface area contributed by atoms with E-state index in [1.165, 1.54) is 13.1 Å². The zero-order chi connectivity index (χ0) is 21.3. The molecule has 0 saturated heterocycles. The maximum absolute atomic E-state index is 12.2. The standard InChI is InChI=1S/C23H20ClN3O3/c1-16(28)26-20-11-9-18(10-12-20)23(29)27-25-14-17-5-4-7-21(13-17)30-15-19-6-2-3-8-22(19)24/h2-14H,15H2,1H3,(H,26,28)(H,27,29)/b25-14-. The number of anilines is 1. The highest BCUT2D eigenvalue weighted by Gasteiger charge is 2.05. The third-order valence-corrected chi connectivity index (χ3v) is 4.43. The van der Waals surface area contributed by atoms with Gasteiger partial charge in [-0.05, 0) is 48.0 Å². The molecule has 0 unspecified atom stereocenters. The quantitative estimate of drug-likeness (QED) is 0.430. The fourth-order valence-corrected chi connectivity index (χ4v) is 2.79. The highest BCUT2D eigenvalue weighted by molar-refractivity contribution is 6.31. The lowest BCUT2D eigenvalue weighted by Crippen LogP contribution is -2.17. The minimum Gasteiger partial charge on any atom is -0.489 e. The summed E-state index contributed by atoms with van der Waals surface area (Å²) in [6.07, 6.45) is 1.53. The van der Waals surface area contributed by atoms with E-state index in [0.29, 0.717) is 28.6 Å². The van der Waals surface area contributed by atoms with Gasteiger partial charge in [-0.25, -0.2) is 5.43 Å². The number of benzene rings is 3. The van der Waals surface area contributed by atoms with Crippen molar-refractivity contribution in [2.45, 2.75) is 13.5 Å². The Bertz CT molecular complexity index is 1070. The van der Waals surface area contributed by atoms with Gasteiger partial charge < -0.3 is 10.1 Å². The van der Waals surface area contributed by atoms with Crippen LogP contribution in [0.2, 0.25) is 5.02 Å². The first-order valence-corrected chi connectivity index (χ1v) is 9.56. The van der Waals surface area contributed by atoms with Gasteiger partial charge in [-0.2, -0.15) is 5.10 Å². The second-order valence-electron chi connectivity index (χ2n) is 6.41. The molecule has 2 N–H and O–H groups in total. The van der Waals surface area contributed by atoms with Gasteiger partial charge in [0.1, 0.15) is 12.4 Å². The van der Waals surface area contributed by atoms with Crippen LogP contribution in [0.1, 0.15) is 28.4 Å². The summed E-state index contributed by atoms with van der Waals surface area (Å²) in [7, 11) is 0. The number of hydrogen-bond donors (Lipinski definition) is 2. The summed E-state index contributed by atoms with van der Waals surface area (Å²) in [6.45, 7) is 1.78. The van der Waals surface area contributed by atoms with E-state index in [4.69, 9.17) is 16.3 Å². The maximum atomic E-state index is 12.2. The Labute approximate surface area is 179 Å². The molecule has 0 atom stereocenters. The Hall–Kier alpha value is -3.64. The summed E-state index contributed by atoms with van der Waals surface area (Å²) in [6, 6.07) is 21.4. The molecule has 0 bridgehead atoms. The molecule has 0 spiro atoms. The Morgan fingerprint density at radius 2 is 1.80 bits per heavy atom. The van der Waals surface area contributed by atoms with Crippen LogP contribution in [0.4, 0.5) is 5.69 Å². The van der Waals surface area contributed by atoms with Crippen molar-refractivity contribution < 1.29 is 14.3 Å². The summed E-state index contributed by atoms with van der Waals surface area (Å²) in [5, 5.41) is 7.29. The summed E-state index contributed by atoms with van der Waals surface area (Å²) in [4.78, 5) is 23.2. The van der Waals surface area contributed by atoms with Crippen LogP contribution in [0.25, 0.3) is 0 Å². The molecule has 3 rings (SSSR count). The van der Waals surface area contributed by atoms with Crippen molar-refractivity contribution in [1.82, 2.24) is 5.43 Å². The molecule has 0 aliphatic heterocycles. The number of rotatable bonds is 7. The van der Waals surface area contributed by atoms with E-state index in [9.17, 15) is 9.59 Å². The molecular weight excluding hydrogens is 402 g/mol. The molecule has 0 aliphatic rings. The van der Waals surface area contributed by atoms with Crippen LogP contribution in [0.5, 0.6) is 5.75 Å². The Balaban J connectivity index is 1.55. The molecule has 0 fully saturated rings. The largest absolute Gasteiger partial charge is 0.489 e. The molecule has 152 valence electrons. The monoisotopic (exact) mass is 421 g/mol. The van der Waals surface area contributed by atoms with Crippen molar-refractivity contribution in [3.05, 3.63) is 94.5 Å². The second-order valence-corrected chi connectivity index (χ2v) is 6.82. The van der Waals surface area contributed by atoms with Gasteiger partial charge >= 0.3 is 0 Å². The highest BCUT2D eigenvalue weighted by atomic mass is 35.5. The molecule has 3 aromatic rings. The Morgan fingerprint density at radius 1 is 1.03 bits per heavy atom. The van der Waals surface area contributed by atoms with Gasteiger partial charge in [0.25, 0.3) is 5.91 Å². The van der Waals surface area contributed by atoms with Gasteiger partial charge in [-0.3, -0.25) is 9.59 Å². The molecule has 3 aromatic carbocycles. The number of halogens is 1. The lowest BCUT2D eigenvalue weighted by Gasteiger charge is -2.08. The lowest BCUT2D eigenvalue weighted by molar-refractivity contribution is -0.114. The zero-order valence-corrected chi connectivity index (χ0v) is 17.0. The van der Waals surface area contributed by atoms with Gasteiger partial charge in [0.2, 0.25) is 5.91 Å². The maximum Gasteiger partial charge on any atom is 0.271 e. The average molecular weight is 422 g/mol. The number of nitrogens with one attached hydrogen (secondary N) is 2. The molecule has 2 amide bonds. The van der Waals surface area contributed by atoms with Crippen LogP contribution < -0.4 is 15.5 Å². The fraction of sp³-hybridized carbons (Fsp3) is 0.0870. The molecule has 6 nitrogen and oxygen atoms in total. The van der Waals surface area contributed by atoms with E-state index in [2.05, 4.69) is 15.8 Å². The van der Waals surface area contributed by atoms with E-state index in [1.807, 2.05) is 48.5 Å². The predicted molar refractivity (Wildman–Crippen MR) is 118 cm³/mol. The van der Waals surface area contributed by atoms with Crippen LogP contribution >= 0.6 is 11.6 Å². The zero-order valence-electron chi connectivity index (χ0n) is 16.3. The van der Waals surface area contributed by atoms with Crippen LogP contribution in [0.3, 0.4) is 0 Å².